The summed E-state index contributed by atoms with van der Waals surface area (Å²) in [6, 6.07) is -0.622. The Kier molecular flexibility index (Phi) is 3.91. The molecular weight excluding hydrogens is 268 g/mol. The number of hydrogen-bond acceptors (Lipinski definition) is 4. The van der Waals surface area contributed by atoms with Crippen molar-refractivity contribution in [1.82, 2.24) is 14.5 Å². The van der Waals surface area contributed by atoms with Crippen molar-refractivity contribution in [2.24, 2.45) is 0 Å². The Bertz CT molecular complexity index is 566. The van der Waals surface area contributed by atoms with E-state index in [2.05, 4.69) is 15.5 Å². The summed E-state index contributed by atoms with van der Waals surface area (Å²) in [5, 5.41) is 9.31. The minimum atomic E-state index is -3.34. The van der Waals surface area contributed by atoms with E-state index < -0.39 is 16.1 Å². The Balaban J connectivity index is 2.12. The van der Waals surface area contributed by atoms with Gasteiger partial charge in [0.1, 0.15) is 11.9 Å². The van der Waals surface area contributed by atoms with Crippen molar-refractivity contribution in [2.45, 2.75) is 32.2 Å². The maximum atomic E-state index is 12.2. The Morgan fingerprint density at radius 1 is 1.63 bits per heavy atom. The molecule has 1 saturated heterocycles. The number of anilines is 1. The number of aromatic nitrogens is 2. The number of carbonyl (C=O) groups is 1. The molecule has 2 heterocycles. The summed E-state index contributed by atoms with van der Waals surface area (Å²) in [6.07, 6.45) is 4.78. The lowest BCUT2D eigenvalue weighted by Crippen LogP contribution is -2.42. The second-order valence-corrected chi connectivity index (χ2v) is 6.58. The van der Waals surface area contributed by atoms with Gasteiger partial charge in [0.05, 0.1) is 12.5 Å². The van der Waals surface area contributed by atoms with Gasteiger partial charge in [-0.3, -0.25) is 9.89 Å². The van der Waals surface area contributed by atoms with Crippen molar-refractivity contribution >= 4 is 21.7 Å². The molecule has 2 N–H and O–H groups in total. The molecule has 0 saturated carbocycles. The fourth-order valence-corrected chi connectivity index (χ4v) is 3.42. The quantitative estimate of drug-likeness (QED) is 0.834. The number of aromatic amines is 1. The van der Waals surface area contributed by atoms with E-state index >= 15 is 0 Å². The topological polar surface area (TPSA) is 95.2 Å². The number of rotatable bonds is 4. The second kappa shape index (κ2) is 5.30. The number of nitrogens with zero attached hydrogens (tertiary/aromatic N) is 2. The molecule has 106 valence electrons. The predicted octanol–water partition coefficient (Wildman–Crippen LogP) is 0.335. The highest BCUT2D eigenvalue weighted by atomic mass is 32.2. The van der Waals surface area contributed by atoms with Gasteiger partial charge < -0.3 is 5.32 Å². The Morgan fingerprint density at radius 3 is 3.00 bits per heavy atom. The van der Waals surface area contributed by atoms with Crippen LogP contribution >= 0.6 is 0 Å². The smallest absolute Gasteiger partial charge is 0.243 e. The van der Waals surface area contributed by atoms with E-state index in [4.69, 9.17) is 0 Å². The standard InChI is InChI=1S/C11H18N4O3S/c1-3-8-7-12-14-10(8)13-11(16)9-5-4-6-15(9)19(2,17)18/h7,9H,3-6H2,1-2H3,(H2,12,13,14,16). The fraction of sp³-hybridized carbons (Fsp3) is 0.636. The van der Waals surface area contributed by atoms with Crippen LogP contribution in [0.4, 0.5) is 5.82 Å². The van der Waals surface area contributed by atoms with Gasteiger partial charge in [-0.05, 0) is 19.3 Å². The first-order valence-electron chi connectivity index (χ1n) is 6.23. The van der Waals surface area contributed by atoms with Crippen LogP contribution in [0, 0.1) is 0 Å². The summed E-state index contributed by atoms with van der Waals surface area (Å²) in [7, 11) is -3.34. The Hall–Kier alpha value is -1.41. The first-order chi connectivity index (χ1) is 8.93. The molecule has 19 heavy (non-hydrogen) atoms. The van der Waals surface area contributed by atoms with E-state index in [1.54, 1.807) is 6.20 Å². The molecule has 1 aliphatic rings. The Labute approximate surface area is 112 Å². The largest absolute Gasteiger partial charge is 0.309 e. The summed E-state index contributed by atoms with van der Waals surface area (Å²) in [5.74, 6) is 0.245. The summed E-state index contributed by atoms with van der Waals surface area (Å²) >= 11 is 0. The molecular formula is C11H18N4O3S. The molecule has 1 aliphatic heterocycles. The van der Waals surface area contributed by atoms with Crippen molar-refractivity contribution in [3.63, 3.8) is 0 Å². The Morgan fingerprint density at radius 2 is 2.37 bits per heavy atom. The van der Waals surface area contributed by atoms with Gasteiger partial charge in [-0.25, -0.2) is 8.42 Å². The minimum absolute atomic E-state index is 0.304. The highest BCUT2D eigenvalue weighted by Gasteiger charge is 2.36. The molecule has 0 bridgehead atoms. The molecule has 1 atom stereocenters. The summed E-state index contributed by atoms with van der Waals surface area (Å²) < 4.78 is 24.5. The molecule has 0 spiro atoms. The number of sulfonamides is 1. The SMILES string of the molecule is CCc1cn[nH]c1NC(=O)C1CCCN1S(C)(=O)=O. The van der Waals surface area contributed by atoms with Crippen molar-refractivity contribution in [3.05, 3.63) is 11.8 Å². The van der Waals surface area contributed by atoms with Gasteiger partial charge in [0.25, 0.3) is 0 Å². The number of carbonyl (C=O) groups excluding carboxylic acids is 1. The van der Waals surface area contributed by atoms with Crippen LogP contribution in [0.1, 0.15) is 25.3 Å². The van der Waals surface area contributed by atoms with E-state index in [0.29, 0.717) is 25.2 Å². The molecule has 1 fully saturated rings. The number of amides is 1. The third kappa shape index (κ3) is 2.95. The van der Waals surface area contributed by atoms with E-state index in [1.165, 1.54) is 4.31 Å². The van der Waals surface area contributed by atoms with Gasteiger partial charge in [0.2, 0.25) is 15.9 Å². The van der Waals surface area contributed by atoms with Crippen LogP contribution in [0.5, 0.6) is 0 Å². The minimum Gasteiger partial charge on any atom is -0.309 e. The highest BCUT2D eigenvalue weighted by molar-refractivity contribution is 7.88. The molecule has 2 rings (SSSR count). The zero-order valence-corrected chi connectivity index (χ0v) is 11.8. The number of H-pyrrole nitrogens is 1. The van der Waals surface area contributed by atoms with Gasteiger partial charge in [-0.1, -0.05) is 6.92 Å². The van der Waals surface area contributed by atoms with Crippen LogP contribution in [-0.4, -0.2) is 47.7 Å². The molecule has 0 radical (unpaired) electrons. The summed E-state index contributed by atoms with van der Waals surface area (Å²) in [4.78, 5) is 12.2. The van der Waals surface area contributed by atoms with Gasteiger partial charge in [-0.2, -0.15) is 9.40 Å². The molecule has 1 amide bonds. The predicted molar refractivity (Wildman–Crippen MR) is 71.2 cm³/mol. The van der Waals surface area contributed by atoms with Crippen LogP contribution in [0.25, 0.3) is 0 Å². The molecule has 0 aromatic carbocycles. The van der Waals surface area contributed by atoms with Gasteiger partial charge in [0, 0.05) is 12.1 Å². The van der Waals surface area contributed by atoms with Gasteiger partial charge in [-0.15, -0.1) is 0 Å². The number of aryl methyl sites for hydroxylation is 1. The zero-order valence-electron chi connectivity index (χ0n) is 11.0. The van der Waals surface area contributed by atoms with Crippen LogP contribution in [0.15, 0.2) is 6.20 Å². The molecule has 8 heteroatoms. The van der Waals surface area contributed by atoms with Crippen LogP contribution in [0.3, 0.4) is 0 Å². The van der Waals surface area contributed by atoms with Gasteiger partial charge in [0.15, 0.2) is 0 Å². The van der Waals surface area contributed by atoms with Crippen LogP contribution < -0.4 is 5.32 Å². The third-order valence-electron chi connectivity index (χ3n) is 3.28. The fourth-order valence-electron chi connectivity index (χ4n) is 2.29. The highest BCUT2D eigenvalue weighted by Crippen LogP contribution is 2.22. The average molecular weight is 286 g/mol. The average Bonchev–Trinajstić information content (AvgIpc) is 2.95. The normalized spacial score (nSPS) is 20.6. The maximum Gasteiger partial charge on any atom is 0.243 e. The maximum absolute atomic E-state index is 12.2. The van der Waals surface area contributed by atoms with E-state index in [9.17, 15) is 13.2 Å². The molecule has 0 aliphatic carbocycles. The van der Waals surface area contributed by atoms with E-state index in [0.717, 1.165) is 18.2 Å². The molecule has 1 unspecified atom stereocenters. The monoisotopic (exact) mass is 286 g/mol. The molecule has 1 aromatic rings. The lowest BCUT2D eigenvalue weighted by atomic mass is 10.2. The van der Waals surface area contributed by atoms with E-state index in [-0.39, 0.29) is 5.91 Å². The van der Waals surface area contributed by atoms with E-state index in [1.807, 2.05) is 6.92 Å². The van der Waals surface area contributed by atoms with Crippen LogP contribution in [0.2, 0.25) is 0 Å². The van der Waals surface area contributed by atoms with Crippen LogP contribution in [-0.2, 0) is 21.2 Å². The number of hydrogen-bond donors (Lipinski definition) is 2. The van der Waals surface area contributed by atoms with Crippen molar-refractivity contribution in [3.8, 4) is 0 Å². The lowest BCUT2D eigenvalue weighted by Gasteiger charge is -2.21. The molecule has 1 aromatic heterocycles. The van der Waals surface area contributed by atoms with Crippen molar-refractivity contribution in [1.29, 1.82) is 0 Å². The first-order valence-corrected chi connectivity index (χ1v) is 8.08. The van der Waals surface area contributed by atoms with Crippen molar-refractivity contribution in [2.75, 3.05) is 18.1 Å². The first kappa shape index (κ1) is 14.0. The third-order valence-corrected chi connectivity index (χ3v) is 4.57. The second-order valence-electron chi connectivity index (χ2n) is 4.64. The van der Waals surface area contributed by atoms with Gasteiger partial charge >= 0.3 is 0 Å². The number of nitrogens with one attached hydrogen (secondary N) is 2. The summed E-state index contributed by atoms with van der Waals surface area (Å²) in [5.41, 5.74) is 0.900. The molecule has 7 nitrogen and oxygen atoms in total. The van der Waals surface area contributed by atoms with Crippen molar-refractivity contribution < 1.29 is 13.2 Å². The lowest BCUT2D eigenvalue weighted by molar-refractivity contribution is -0.119. The zero-order chi connectivity index (χ0) is 14.0. The summed E-state index contributed by atoms with van der Waals surface area (Å²) in [6.45, 7) is 2.36.